The van der Waals surface area contributed by atoms with Crippen LogP contribution in [0.15, 0.2) is 6.33 Å². The first-order valence-corrected chi connectivity index (χ1v) is 3.98. The molecule has 3 nitrogen and oxygen atoms in total. The normalized spacial score (nSPS) is 20.2. The van der Waals surface area contributed by atoms with Gasteiger partial charge >= 0.3 is 0 Å². The molecule has 0 aromatic carbocycles. The van der Waals surface area contributed by atoms with Gasteiger partial charge in [0.25, 0.3) is 0 Å². The number of aromatic amines is 1. The van der Waals surface area contributed by atoms with Gasteiger partial charge in [0.15, 0.2) is 0 Å². The van der Waals surface area contributed by atoms with Crippen LogP contribution in [0.5, 0.6) is 0 Å². The van der Waals surface area contributed by atoms with Gasteiger partial charge in [-0.3, -0.25) is 0 Å². The van der Waals surface area contributed by atoms with E-state index in [9.17, 15) is 0 Å². The molecule has 2 rings (SSSR count). The smallest absolute Gasteiger partial charge is 0.0926 e. The molecular weight excluding hydrogens is 138 g/mol. The van der Waals surface area contributed by atoms with Crippen LogP contribution in [0.2, 0.25) is 0 Å². The molecule has 0 aliphatic heterocycles. The minimum Gasteiger partial charge on any atom is -0.348 e. The van der Waals surface area contributed by atoms with Gasteiger partial charge in [-0.05, 0) is 26.8 Å². The highest BCUT2D eigenvalue weighted by Gasteiger charge is 2.45. The Balaban J connectivity index is 2.35. The average molecular weight is 151 g/mol. The number of rotatable bonds is 2. The van der Waals surface area contributed by atoms with Gasteiger partial charge in [0.1, 0.15) is 0 Å². The van der Waals surface area contributed by atoms with E-state index in [-0.39, 0.29) is 5.54 Å². The Kier molecular flexibility index (Phi) is 1.29. The molecule has 0 saturated heterocycles. The second-order valence-corrected chi connectivity index (χ2v) is 3.21. The lowest BCUT2D eigenvalue weighted by Gasteiger charge is -2.11. The maximum Gasteiger partial charge on any atom is 0.0926 e. The van der Waals surface area contributed by atoms with Crippen LogP contribution < -0.4 is 5.32 Å². The lowest BCUT2D eigenvalue weighted by Crippen LogP contribution is -2.25. The number of imidazole rings is 1. The number of nitrogens with one attached hydrogen (secondary N) is 2. The van der Waals surface area contributed by atoms with E-state index in [0.29, 0.717) is 0 Å². The predicted molar refractivity (Wildman–Crippen MR) is 43.3 cm³/mol. The highest BCUT2D eigenvalue weighted by molar-refractivity contribution is 5.26. The van der Waals surface area contributed by atoms with Crippen molar-refractivity contribution in [3.63, 3.8) is 0 Å². The van der Waals surface area contributed by atoms with Crippen molar-refractivity contribution in [1.29, 1.82) is 0 Å². The average Bonchev–Trinajstić information content (AvgIpc) is 2.70. The molecule has 1 saturated carbocycles. The van der Waals surface area contributed by atoms with E-state index in [1.807, 2.05) is 7.05 Å². The minimum atomic E-state index is 0.212. The summed E-state index contributed by atoms with van der Waals surface area (Å²) < 4.78 is 0. The zero-order valence-electron chi connectivity index (χ0n) is 6.94. The summed E-state index contributed by atoms with van der Waals surface area (Å²) in [6, 6.07) is 0. The Morgan fingerprint density at radius 2 is 2.36 bits per heavy atom. The van der Waals surface area contributed by atoms with E-state index in [1.165, 1.54) is 24.2 Å². The van der Waals surface area contributed by atoms with Gasteiger partial charge in [0.2, 0.25) is 0 Å². The Hall–Kier alpha value is -0.830. The molecule has 1 aromatic heterocycles. The van der Waals surface area contributed by atoms with Gasteiger partial charge in [-0.25, -0.2) is 4.98 Å². The van der Waals surface area contributed by atoms with Crippen molar-refractivity contribution >= 4 is 0 Å². The number of aromatic nitrogens is 2. The number of hydrogen-bond donors (Lipinski definition) is 2. The Bertz CT molecular complexity index is 260. The van der Waals surface area contributed by atoms with Gasteiger partial charge in [-0.2, -0.15) is 0 Å². The molecule has 1 fully saturated rings. The van der Waals surface area contributed by atoms with Crippen LogP contribution in [0, 0.1) is 6.92 Å². The Morgan fingerprint density at radius 3 is 2.73 bits per heavy atom. The van der Waals surface area contributed by atoms with E-state index in [1.54, 1.807) is 6.33 Å². The van der Waals surface area contributed by atoms with Crippen molar-refractivity contribution in [2.75, 3.05) is 7.05 Å². The van der Waals surface area contributed by atoms with Crippen molar-refractivity contribution in [3.8, 4) is 0 Å². The standard InChI is InChI=1S/C8H13N3/c1-6-7(11-5-10-6)8(9-2)3-4-8/h5,9H,3-4H2,1-2H3,(H,10,11). The third kappa shape index (κ3) is 0.878. The lowest BCUT2D eigenvalue weighted by molar-refractivity contribution is 0.567. The molecule has 1 aliphatic carbocycles. The molecule has 0 spiro atoms. The van der Waals surface area contributed by atoms with Gasteiger partial charge < -0.3 is 10.3 Å². The van der Waals surface area contributed by atoms with Crippen molar-refractivity contribution < 1.29 is 0 Å². The SMILES string of the molecule is CNC1(c2nc[nH]c2C)CC1. The van der Waals surface area contributed by atoms with Gasteiger partial charge in [-0.15, -0.1) is 0 Å². The molecule has 0 unspecified atom stereocenters. The number of nitrogens with zero attached hydrogens (tertiary/aromatic N) is 1. The van der Waals surface area contributed by atoms with Crippen LogP contribution in [-0.2, 0) is 5.54 Å². The van der Waals surface area contributed by atoms with Crippen LogP contribution in [0.1, 0.15) is 24.2 Å². The second-order valence-electron chi connectivity index (χ2n) is 3.21. The van der Waals surface area contributed by atoms with Gasteiger partial charge in [-0.1, -0.05) is 0 Å². The van der Waals surface area contributed by atoms with Crippen LogP contribution in [0.4, 0.5) is 0 Å². The summed E-state index contributed by atoms with van der Waals surface area (Å²) in [7, 11) is 2.00. The fraction of sp³-hybridized carbons (Fsp3) is 0.625. The molecule has 3 heteroatoms. The van der Waals surface area contributed by atoms with E-state index < -0.39 is 0 Å². The maximum atomic E-state index is 4.30. The molecule has 11 heavy (non-hydrogen) atoms. The molecule has 1 heterocycles. The van der Waals surface area contributed by atoms with Crippen molar-refractivity contribution in [1.82, 2.24) is 15.3 Å². The third-order valence-corrected chi connectivity index (χ3v) is 2.51. The summed E-state index contributed by atoms with van der Waals surface area (Å²) in [5.41, 5.74) is 2.60. The van der Waals surface area contributed by atoms with Crippen LogP contribution in [-0.4, -0.2) is 17.0 Å². The molecular formula is C8H13N3. The quantitative estimate of drug-likeness (QED) is 0.660. The van der Waals surface area contributed by atoms with Crippen molar-refractivity contribution in [3.05, 3.63) is 17.7 Å². The summed E-state index contributed by atoms with van der Waals surface area (Å²) in [6.45, 7) is 2.07. The summed E-state index contributed by atoms with van der Waals surface area (Å²) >= 11 is 0. The number of hydrogen-bond acceptors (Lipinski definition) is 2. The Morgan fingerprint density at radius 1 is 1.64 bits per heavy atom. The topological polar surface area (TPSA) is 40.7 Å². The fourth-order valence-corrected chi connectivity index (χ4v) is 1.57. The molecule has 2 N–H and O–H groups in total. The largest absolute Gasteiger partial charge is 0.348 e. The van der Waals surface area contributed by atoms with Gasteiger partial charge in [0.05, 0.1) is 17.6 Å². The molecule has 1 aliphatic rings. The molecule has 0 bridgehead atoms. The van der Waals surface area contributed by atoms with E-state index in [0.717, 1.165) is 0 Å². The lowest BCUT2D eigenvalue weighted by atomic mass is 10.1. The first kappa shape index (κ1) is 6.85. The predicted octanol–water partition coefficient (Wildman–Crippen LogP) is 0.927. The number of H-pyrrole nitrogens is 1. The fourth-order valence-electron chi connectivity index (χ4n) is 1.57. The second kappa shape index (κ2) is 2.08. The Labute approximate surface area is 66.2 Å². The zero-order valence-corrected chi connectivity index (χ0v) is 6.94. The summed E-state index contributed by atoms with van der Waals surface area (Å²) in [5, 5.41) is 3.31. The molecule has 1 aromatic rings. The van der Waals surface area contributed by atoms with E-state index in [4.69, 9.17) is 0 Å². The van der Waals surface area contributed by atoms with Crippen LogP contribution in [0.25, 0.3) is 0 Å². The highest BCUT2D eigenvalue weighted by atomic mass is 15.1. The molecule has 0 amide bonds. The van der Waals surface area contributed by atoms with Gasteiger partial charge in [0, 0.05) is 5.69 Å². The van der Waals surface area contributed by atoms with Crippen molar-refractivity contribution in [2.45, 2.75) is 25.3 Å². The summed E-state index contributed by atoms with van der Waals surface area (Å²) in [4.78, 5) is 7.40. The minimum absolute atomic E-state index is 0.212. The number of aryl methyl sites for hydroxylation is 1. The highest BCUT2D eigenvalue weighted by Crippen LogP contribution is 2.44. The summed E-state index contributed by atoms with van der Waals surface area (Å²) in [5.74, 6) is 0. The monoisotopic (exact) mass is 151 g/mol. The van der Waals surface area contributed by atoms with E-state index >= 15 is 0 Å². The molecule has 0 atom stereocenters. The van der Waals surface area contributed by atoms with E-state index in [2.05, 4.69) is 22.2 Å². The van der Waals surface area contributed by atoms with Crippen molar-refractivity contribution in [2.24, 2.45) is 0 Å². The first-order valence-electron chi connectivity index (χ1n) is 3.98. The maximum absolute atomic E-state index is 4.30. The molecule has 60 valence electrons. The van der Waals surface area contributed by atoms with Crippen LogP contribution >= 0.6 is 0 Å². The third-order valence-electron chi connectivity index (χ3n) is 2.51. The summed E-state index contributed by atoms with van der Waals surface area (Å²) in [6.07, 6.45) is 4.20. The van der Waals surface area contributed by atoms with Crippen LogP contribution in [0.3, 0.4) is 0 Å². The first-order chi connectivity index (χ1) is 5.28. The zero-order chi connectivity index (χ0) is 7.90. The molecule has 0 radical (unpaired) electrons.